The lowest BCUT2D eigenvalue weighted by molar-refractivity contribution is -0.679. The molecular formula is C11H16NO2+. The molecule has 0 aromatic carbocycles. The second-order valence-electron chi connectivity index (χ2n) is 3.41. The first-order valence-corrected chi connectivity index (χ1v) is 4.83. The minimum atomic E-state index is -0.774. The first kappa shape index (κ1) is 10.7. The van der Waals surface area contributed by atoms with E-state index in [-0.39, 0.29) is 6.42 Å². The molecule has 0 fully saturated rings. The molecule has 0 saturated heterocycles. The van der Waals surface area contributed by atoms with Crippen LogP contribution in [0, 0.1) is 0 Å². The fraction of sp³-hybridized carbons (Fsp3) is 0.455. The Morgan fingerprint density at radius 3 is 2.86 bits per heavy atom. The van der Waals surface area contributed by atoms with Crippen molar-refractivity contribution in [3.8, 4) is 0 Å². The number of carboxylic acids is 1. The molecule has 76 valence electrons. The number of aliphatic carboxylic acids is 1. The Kier molecular flexibility index (Phi) is 3.63. The molecule has 0 radical (unpaired) electrons. The number of nitrogens with zero attached hydrogens (tertiary/aromatic N) is 1. The number of aryl methyl sites for hydroxylation is 2. The number of carboxylic acid groups (broad SMARTS) is 1. The smallest absolute Gasteiger partial charge is 0.314 e. The topological polar surface area (TPSA) is 41.2 Å². The number of rotatable bonds is 4. The predicted molar refractivity (Wildman–Crippen MR) is 53.0 cm³/mol. The van der Waals surface area contributed by atoms with Crippen LogP contribution in [0.25, 0.3) is 0 Å². The zero-order valence-electron chi connectivity index (χ0n) is 8.66. The third-order valence-electron chi connectivity index (χ3n) is 2.24. The highest BCUT2D eigenvalue weighted by Crippen LogP contribution is 2.07. The van der Waals surface area contributed by atoms with E-state index in [0.29, 0.717) is 0 Å². The van der Waals surface area contributed by atoms with E-state index in [4.69, 9.17) is 5.11 Å². The molecule has 3 heteroatoms. The normalized spacial score (nSPS) is 10.1. The standard InChI is InChI=1S/C11H15NO2/c1-3-5-9-6-4-7-12(2)10(9)8-11(13)14/h4,6-7H,3,5,8H2,1-2H3/p+1. The highest BCUT2D eigenvalue weighted by atomic mass is 16.4. The molecule has 14 heavy (non-hydrogen) atoms. The molecule has 0 spiro atoms. The van der Waals surface area contributed by atoms with Crippen molar-refractivity contribution < 1.29 is 14.5 Å². The average molecular weight is 194 g/mol. The summed E-state index contributed by atoms with van der Waals surface area (Å²) in [5, 5.41) is 8.77. The van der Waals surface area contributed by atoms with Gasteiger partial charge in [-0.05, 0) is 12.5 Å². The van der Waals surface area contributed by atoms with Gasteiger partial charge in [-0.25, -0.2) is 4.57 Å². The highest BCUT2D eigenvalue weighted by Gasteiger charge is 2.15. The van der Waals surface area contributed by atoms with E-state index in [9.17, 15) is 4.79 Å². The van der Waals surface area contributed by atoms with Gasteiger partial charge < -0.3 is 5.11 Å². The van der Waals surface area contributed by atoms with Crippen LogP contribution in [0.1, 0.15) is 24.6 Å². The summed E-state index contributed by atoms with van der Waals surface area (Å²) in [6.45, 7) is 2.09. The van der Waals surface area contributed by atoms with Crippen LogP contribution in [0.5, 0.6) is 0 Å². The maximum atomic E-state index is 10.7. The molecule has 1 N–H and O–H groups in total. The molecule has 1 aromatic heterocycles. The lowest BCUT2D eigenvalue weighted by Gasteiger charge is -2.03. The van der Waals surface area contributed by atoms with Gasteiger partial charge in [-0.3, -0.25) is 4.79 Å². The molecular weight excluding hydrogens is 178 g/mol. The Labute approximate surface area is 84.0 Å². The average Bonchev–Trinajstić information content (AvgIpc) is 2.11. The first-order valence-electron chi connectivity index (χ1n) is 4.83. The molecule has 3 nitrogen and oxygen atoms in total. The quantitative estimate of drug-likeness (QED) is 0.729. The molecule has 0 atom stereocenters. The van der Waals surface area contributed by atoms with E-state index in [2.05, 4.69) is 6.92 Å². The fourth-order valence-electron chi connectivity index (χ4n) is 1.58. The number of aromatic nitrogens is 1. The van der Waals surface area contributed by atoms with Crippen LogP contribution in [0.15, 0.2) is 18.3 Å². The van der Waals surface area contributed by atoms with Gasteiger partial charge in [0, 0.05) is 11.6 Å². The minimum absolute atomic E-state index is 0.104. The van der Waals surface area contributed by atoms with Gasteiger partial charge in [0.1, 0.15) is 13.5 Å². The molecule has 0 aliphatic carbocycles. The molecule has 0 aliphatic heterocycles. The van der Waals surface area contributed by atoms with Crippen LogP contribution < -0.4 is 4.57 Å². The SMILES string of the molecule is CCCc1ccc[n+](C)c1CC(=O)O. The van der Waals surface area contributed by atoms with Crippen molar-refractivity contribution in [3.63, 3.8) is 0 Å². The maximum Gasteiger partial charge on any atom is 0.314 e. The molecule has 0 bridgehead atoms. The summed E-state index contributed by atoms with van der Waals surface area (Å²) in [6, 6.07) is 3.96. The Hall–Kier alpha value is -1.38. The van der Waals surface area contributed by atoms with E-state index in [1.165, 1.54) is 0 Å². The zero-order valence-corrected chi connectivity index (χ0v) is 8.66. The summed E-state index contributed by atoms with van der Waals surface area (Å²) in [7, 11) is 1.89. The Balaban J connectivity index is 3.02. The highest BCUT2D eigenvalue weighted by molar-refractivity contribution is 5.69. The van der Waals surface area contributed by atoms with E-state index in [1.54, 1.807) is 0 Å². The number of carbonyl (C=O) groups is 1. The van der Waals surface area contributed by atoms with Crippen LogP contribution in [0.3, 0.4) is 0 Å². The van der Waals surface area contributed by atoms with Gasteiger partial charge in [0.25, 0.3) is 0 Å². The lowest BCUT2D eigenvalue weighted by Crippen LogP contribution is -2.35. The van der Waals surface area contributed by atoms with Gasteiger partial charge in [0.05, 0.1) is 0 Å². The minimum Gasteiger partial charge on any atom is -0.481 e. The number of hydrogen-bond acceptors (Lipinski definition) is 1. The maximum absolute atomic E-state index is 10.7. The molecule has 1 heterocycles. The second kappa shape index (κ2) is 4.74. The predicted octanol–water partition coefficient (Wildman–Crippen LogP) is 1.09. The Morgan fingerprint density at radius 2 is 2.29 bits per heavy atom. The summed E-state index contributed by atoms with van der Waals surface area (Å²) in [6.07, 6.45) is 3.97. The number of hydrogen-bond donors (Lipinski definition) is 1. The third-order valence-corrected chi connectivity index (χ3v) is 2.24. The van der Waals surface area contributed by atoms with Gasteiger partial charge in [-0.15, -0.1) is 0 Å². The van der Waals surface area contributed by atoms with Gasteiger partial charge in [-0.2, -0.15) is 0 Å². The van der Waals surface area contributed by atoms with Crippen molar-refractivity contribution in [1.29, 1.82) is 0 Å². The van der Waals surface area contributed by atoms with Crippen molar-refractivity contribution in [2.24, 2.45) is 7.05 Å². The van der Waals surface area contributed by atoms with Crippen LogP contribution in [0.4, 0.5) is 0 Å². The van der Waals surface area contributed by atoms with Crippen molar-refractivity contribution in [2.45, 2.75) is 26.2 Å². The monoisotopic (exact) mass is 194 g/mol. The van der Waals surface area contributed by atoms with E-state index >= 15 is 0 Å². The van der Waals surface area contributed by atoms with E-state index < -0.39 is 5.97 Å². The first-order chi connectivity index (χ1) is 6.65. The van der Waals surface area contributed by atoms with E-state index in [0.717, 1.165) is 24.1 Å². The van der Waals surface area contributed by atoms with Crippen molar-refractivity contribution in [2.75, 3.05) is 0 Å². The summed E-state index contributed by atoms with van der Waals surface area (Å²) in [4.78, 5) is 10.7. The van der Waals surface area contributed by atoms with Gasteiger partial charge >= 0.3 is 5.97 Å². The third kappa shape index (κ3) is 2.55. The van der Waals surface area contributed by atoms with Crippen molar-refractivity contribution in [1.82, 2.24) is 0 Å². The largest absolute Gasteiger partial charge is 0.481 e. The molecule has 0 amide bonds. The Morgan fingerprint density at radius 1 is 1.57 bits per heavy atom. The molecule has 1 rings (SSSR count). The summed E-state index contributed by atoms with van der Waals surface area (Å²) < 4.78 is 1.89. The van der Waals surface area contributed by atoms with Crippen LogP contribution in [-0.2, 0) is 24.7 Å². The van der Waals surface area contributed by atoms with Crippen LogP contribution in [-0.4, -0.2) is 11.1 Å². The molecule has 0 unspecified atom stereocenters. The lowest BCUT2D eigenvalue weighted by atomic mass is 10.1. The molecule has 1 aromatic rings. The van der Waals surface area contributed by atoms with Crippen LogP contribution in [0.2, 0.25) is 0 Å². The Bertz CT molecular complexity index is 334. The van der Waals surface area contributed by atoms with Gasteiger partial charge in [0.2, 0.25) is 0 Å². The van der Waals surface area contributed by atoms with Crippen molar-refractivity contribution in [3.05, 3.63) is 29.6 Å². The summed E-state index contributed by atoms with van der Waals surface area (Å²) >= 11 is 0. The van der Waals surface area contributed by atoms with E-state index in [1.807, 2.05) is 29.9 Å². The molecule has 0 aliphatic rings. The molecule has 0 saturated carbocycles. The van der Waals surface area contributed by atoms with Crippen molar-refractivity contribution >= 4 is 5.97 Å². The second-order valence-corrected chi connectivity index (χ2v) is 3.41. The van der Waals surface area contributed by atoms with Crippen LogP contribution >= 0.6 is 0 Å². The van der Waals surface area contributed by atoms with Gasteiger partial charge in [-0.1, -0.05) is 13.3 Å². The zero-order chi connectivity index (χ0) is 10.6. The van der Waals surface area contributed by atoms with Gasteiger partial charge in [0.15, 0.2) is 11.9 Å². The summed E-state index contributed by atoms with van der Waals surface area (Å²) in [5.41, 5.74) is 2.04. The summed E-state index contributed by atoms with van der Waals surface area (Å²) in [5.74, 6) is -0.774. The number of pyridine rings is 1. The fourth-order valence-corrected chi connectivity index (χ4v) is 1.58.